The zero-order valence-corrected chi connectivity index (χ0v) is 30.2. The molecule has 5 aromatic heterocycles. The van der Waals surface area contributed by atoms with Crippen LogP contribution in [0.3, 0.4) is 0 Å². The number of hydrogen-bond donors (Lipinski definition) is 0. The number of hydrogen-bond acceptors (Lipinski definition) is 7. The van der Waals surface area contributed by atoms with Crippen LogP contribution < -0.4 is 0 Å². The van der Waals surface area contributed by atoms with Crippen LogP contribution in [-0.2, 0) is 0 Å². The van der Waals surface area contributed by atoms with Crippen molar-refractivity contribution in [1.82, 2.24) is 29.5 Å². The van der Waals surface area contributed by atoms with Gasteiger partial charge in [-0.25, -0.2) is 15.0 Å². The van der Waals surface area contributed by atoms with Gasteiger partial charge in [0, 0.05) is 49.2 Å². The van der Waals surface area contributed by atoms with Gasteiger partial charge in [-0.1, -0.05) is 133 Å². The minimum absolute atomic E-state index is 0.519. The number of benzene rings is 7. The van der Waals surface area contributed by atoms with E-state index in [2.05, 4.69) is 53.1 Å². The lowest BCUT2D eigenvalue weighted by molar-refractivity contribution is 0.667. The molecule has 0 aliphatic carbocycles. The lowest BCUT2D eigenvalue weighted by atomic mass is 10.0. The quantitative estimate of drug-likeness (QED) is 0.174. The molecule has 8 nitrogen and oxygen atoms in total. The topological polar surface area (TPSA) is 95.7 Å². The maximum absolute atomic E-state index is 6.62. The summed E-state index contributed by atoms with van der Waals surface area (Å²) in [5.41, 5.74) is 9.75. The van der Waals surface area contributed by atoms with E-state index in [1.165, 1.54) is 0 Å². The third kappa shape index (κ3) is 4.84. The Morgan fingerprint density at radius 3 is 1.56 bits per heavy atom. The second-order valence-electron chi connectivity index (χ2n) is 14.0. The molecule has 0 fully saturated rings. The van der Waals surface area contributed by atoms with Gasteiger partial charge < -0.3 is 8.83 Å². The fourth-order valence-electron chi connectivity index (χ4n) is 8.18. The molecule has 0 saturated carbocycles. The van der Waals surface area contributed by atoms with Gasteiger partial charge in [-0.2, -0.15) is 9.97 Å². The Hall–Kier alpha value is -7.97. The molecule has 0 atom stereocenters. The molecule has 8 heteroatoms. The average molecular weight is 733 g/mol. The summed E-state index contributed by atoms with van der Waals surface area (Å²) in [7, 11) is 0. The van der Waals surface area contributed by atoms with Crippen molar-refractivity contribution in [3.8, 4) is 51.4 Å². The minimum atomic E-state index is 0.519. The zero-order valence-electron chi connectivity index (χ0n) is 30.2. The fourth-order valence-corrected chi connectivity index (χ4v) is 8.18. The van der Waals surface area contributed by atoms with E-state index in [0.29, 0.717) is 40.2 Å². The highest BCUT2D eigenvalue weighted by Crippen LogP contribution is 2.43. The van der Waals surface area contributed by atoms with Gasteiger partial charge >= 0.3 is 0 Å². The van der Waals surface area contributed by atoms with E-state index in [9.17, 15) is 0 Å². The van der Waals surface area contributed by atoms with Crippen molar-refractivity contribution < 1.29 is 8.83 Å². The Morgan fingerprint density at radius 2 is 0.895 bits per heavy atom. The molecule has 0 N–H and O–H groups in total. The molecule has 12 aromatic rings. The van der Waals surface area contributed by atoms with Gasteiger partial charge in [0.25, 0.3) is 0 Å². The lowest BCUT2D eigenvalue weighted by Gasteiger charge is -2.12. The van der Waals surface area contributed by atoms with Gasteiger partial charge in [0.05, 0.1) is 11.0 Å². The van der Waals surface area contributed by atoms with Gasteiger partial charge in [-0.05, 0) is 36.4 Å². The summed E-state index contributed by atoms with van der Waals surface area (Å²) in [5, 5.41) is 4.91. The highest BCUT2D eigenvalue weighted by Gasteiger charge is 2.24. The van der Waals surface area contributed by atoms with Crippen molar-refractivity contribution in [1.29, 1.82) is 0 Å². The zero-order chi connectivity index (χ0) is 37.5. The number of furan rings is 2. The summed E-state index contributed by atoms with van der Waals surface area (Å²) < 4.78 is 15.2. The van der Waals surface area contributed by atoms with Gasteiger partial charge in [0.15, 0.2) is 23.1 Å². The van der Waals surface area contributed by atoms with Crippen molar-refractivity contribution in [2.24, 2.45) is 0 Å². The number of nitrogens with zero attached hydrogens (tertiary/aromatic N) is 6. The molecule has 0 bridgehead atoms. The first-order valence-corrected chi connectivity index (χ1v) is 18.8. The molecule has 266 valence electrons. The van der Waals surface area contributed by atoms with Crippen molar-refractivity contribution in [3.05, 3.63) is 170 Å². The second-order valence-corrected chi connectivity index (χ2v) is 14.0. The maximum atomic E-state index is 6.62. The van der Waals surface area contributed by atoms with E-state index in [-0.39, 0.29) is 0 Å². The molecule has 7 aromatic carbocycles. The number of aromatic nitrogens is 6. The first kappa shape index (κ1) is 31.4. The van der Waals surface area contributed by atoms with Crippen LogP contribution >= 0.6 is 0 Å². The van der Waals surface area contributed by atoms with Crippen LogP contribution in [0.5, 0.6) is 0 Å². The van der Waals surface area contributed by atoms with E-state index in [4.69, 9.17) is 33.8 Å². The Bertz CT molecular complexity index is 3480. The van der Waals surface area contributed by atoms with Gasteiger partial charge in [-0.3, -0.25) is 4.57 Å². The lowest BCUT2D eigenvalue weighted by Crippen LogP contribution is -2.06. The molecular formula is C49H28N6O2. The molecule has 0 radical (unpaired) electrons. The van der Waals surface area contributed by atoms with Crippen LogP contribution in [-0.4, -0.2) is 29.5 Å². The van der Waals surface area contributed by atoms with Crippen LogP contribution in [0.25, 0.3) is 117 Å². The van der Waals surface area contributed by atoms with E-state index >= 15 is 0 Å². The van der Waals surface area contributed by atoms with Crippen molar-refractivity contribution in [3.63, 3.8) is 0 Å². The first-order valence-electron chi connectivity index (χ1n) is 18.8. The molecule has 0 saturated heterocycles. The van der Waals surface area contributed by atoms with Gasteiger partial charge in [-0.15, -0.1) is 0 Å². The van der Waals surface area contributed by atoms with Crippen LogP contribution in [0.1, 0.15) is 0 Å². The van der Waals surface area contributed by atoms with Crippen LogP contribution in [0.2, 0.25) is 0 Å². The Kier molecular flexibility index (Phi) is 6.76. The van der Waals surface area contributed by atoms with E-state index in [1.807, 2.05) is 121 Å². The molecule has 0 aliphatic heterocycles. The first-order chi connectivity index (χ1) is 28.3. The van der Waals surface area contributed by atoms with Crippen LogP contribution in [0.4, 0.5) is 0 Å². The Labute approximate surface area is 324 Å². The molecule has 0 aliphatic rings. The Morgan fingerprint density at radius 1 is 0.368 bits per heavy atom. The molecule has 5 heterocycles. The number of para-hydroxylation sites is 3. The normalized spacial score (nSPS) is 11.9. The van der Waals surface area contributed by atoms with Crippen LogP contribution in [0.15, 0.2) is 179 Å². The molecule has 12 rings (SSSR count). The molecular weight excluding hydrogens is 705 g/mol. The maximum Gasteiger partial charge on any atom is 0.238 e. The highest BCUT2D eigenvalue weighted by molar-refractivity contribution is 6.18. The summed E-state index contributed by atoms with van der Waals surface area (Å²) in [6.45, 7) is 0. The third-order valence-corrected chi connectivity index (χ3v) is 10.7. The smallest absolute Gasteiger partial charge is 0.238 e. The van der Waals surface area contributed by atoms with E-state index in [0.717, 1.165) is 77.0 Å². The molecule has 0 unspecified atom stereocenters. The van der Waals surface area contributed by atoms with Crippen molar-refractivity contribution >= 4 is 65.8 Å². The SMILES string of the molecule is c1ccc(-c2nc(-c3cccc4oc5cccc(-c6nc(-c7ccccc7)c7oc8ccccc8c7n6)c5c34)nc(-n3c4ccccc4c4ccccc43)n2)cc1. The minimum Gasteiger partial charge on any atom is -0.456 e. The van der Waals surface area contributed by atoms with E-state index in [1.54, 1.807) is 0 Å². The monoisotopic (exact) mass is 732 g/mol. The predicted octanol–water partition coefficient (Wildman–Crippen LogP) is 12.2. The molecule has 57 heavy (non-hydrogen) atoms. The summed E-state index contributed by atoms with van der Waals surface area (Å²) in [6, 6.07) is 56.9. The predicted molar refractivity (Wildman–Crippen MR) is 226 cm³/mol. The highest BCUT2D eigenvalue weighted by atomic mass is 16.3. The van der Waals surface area contributed by atoms with Crippen LogP contribution in [0, 0.1) is 0 Å². The number of fused-ring (bicyclic) bond motifs is 9. The third-order valence-electron chi connectivity index (χ3n) is 10.7. The largest absolute Gasteiger partial charge is 0.456 e. The van der Waals surface area contributed by atoms with Crippen molar-refractivity contribution in [2.45, 2.75) is 0 Å². The fraction of sp³-hybridized carbons (Fsp3) is 0. The summed E-state index contributed by atoms with van der Waals surface area (Å²) in [6.07, 6.45) is 0. The van der Waals surface area contributed by atoms with E-state index < -0.39 is 0 Å². The van der Waals surface area contributed by atoms with Gasteiger partial charge in [0.2, 0.25) is 5.95 Å². The standard InChI is InChI=1S/C49H28N6O2/c1-3-15-29(16-4-1)43-45-44(33-21-9-12-26-38(33)57-45)51-47(50-43)34-22-13-27-39-41(34)42-35(23-14-28-40(42)56-39)48-52-46(30-17-5-2-6-18-30)53-49(54-48)55-36-24-10-7-19-31(36)32-20-8-11-25-37(32)55/h1-28H. The van der Waals surface area contributed by atoms with Crippen molar-refractivity contribution in [2.75, 3.05) is 0 Å². The summed E-state index contributed by atoms with van der Waals surface area (Å²) in [4.78, 5) is 26.1. The molecule has 0 spiro atoms. The number of rotatable bonds is 5. The average Bonchev–Trinajstić information content (AvgIpc) is 3.96. The Balaban J connectivity index is 1.15. The van der Waals surface area contributed by atoms with Gasteiger partial charge in [0.1, 0.15) is 28.0 Å². The summed E-state index contributed by atoms with van der Waals surface area (Å²) in [5.74, 6) is 2.17. The summed E-state index contributed by atoms with van der Waals surface area (Å²) >= 11 is 0. The second kappa shape index (κ2) is 12.3. The molecule has 0 amide bonds.